The minimum absolute atomic E-state index is 0.692. The zero-order chi connectivity index (χ0) is 12.3. The maximum Gasteiger partial charge on any atom is 0.129 e. The second kappa shape index (κ2) is 4.65. The van der Waals surface area contributed by atoms with Crippen LogP contribution in [0.25, 0.3) is 0 Å². The molecule has 0 aliphatic heterocycles. The Morgan fingerprint density at radius 1 is 0.941 bits per heavy atom. The van der Waals surface area contributed by atoms with Crippen LogP contribution >= 0.6 is 0 Å². The molecule has 0 unspecified atom stereocenters. The van der Waals surface area contributed by atoms with E-state index in [1.54, 1.807) is 18.2 Å². The summed E-state index contributed by atoms with van der Waals surface area (Å²) in [6, 6.07) is 12.7. The van der Waals surface area contributed by atoms with Gasteiger partial charge in [-0.25, -0.2) is 0 Å². The molecule has 2 aromatic rings. The van der Waals surface area contributed by atoms with Gasteiger partial charge in [0.05, 0.1) is 11.4 Å². The largest absolute Gasteiger partial charge is 0.457 e. The van der Waals surface area contributed by atoms with E-state index >= 15 is 0 Å². The lowest BCUT2D eigenvalue weighted by Gasteiger charge is -2.09. The van der Waals surface area contributed by atoms with Crippen molar-refractivity contribution in [2.24, 2.45) is 0 Å². The molecule has 88 valence electrons. The maximum absolute atomic E-state index is 5.78. The first-order chi connectivity index (χ1) is 8.19. The van der Waals surface area contributed by atoms with Crippen LogP contribution < -0.4 is 21.5 Å². The molecule has 0 spiro atoms. The van der Waals surface area contributed by atoms with E-state index in [-0.39, 0.29) is 0 Å². The number of hydrogen-bond donors (Lipinski definition) is 3. The summed E-state index contributed by atoms with van der Waals surface area (Å²) in [5.41, 5.74) is 13.6. The topological polar surface area (TPSA) is 73.3 Å². The van der Waals surface area contributed by atoms with E-state index in [2.05, 4.69) is 5.32 Å². The van der Waals surface area contributed by atoms with E-state index in [0.29, 0.717) is 11.4 Å². The molecule has 4 heteroatoms. The number of anilines is 3. The van der Waals surface area contributed by atoms with Crippen LogP contribution in [-0.2, 0) is 0 Å². The van der Waals surface area contributed by atoms with Crippen molar-refractivity contribution >= 4 is 17.1 Å². The first kappa shape index (κ1) is 11.1. The van der Waals surface area contributed by atoms with E-state index in [1.165, 1.54) is 0 Å². The number of rotatable bonds is 3. The molecule has 0 fully saturated rings. The fourth-order valence-electron chi connectivity index (χ4n) is 1.49. The van der Waals surface area contributed by atoms with E-state index in [9.17, 15) is 0 Å². The molecule has 0 saturated heterocycles. The molecule has 0 atom stereocenters. The molecule has 0 heterocycles. The Labute approximate surface area is 100 Å². The monoisotopic (exact) mass is 229 g/mol. The van der Waals surface area contributed by atoms with E-state index in [0.717, 1.165) is 17.2 Å². The summed E-state index contributed by atoms with van der Waals surface area (Å²) in [6.07, 6.45) is 0. The first-order valence-electron chi connectivity index (χ1n) is 5.29. The zero-order valence-electron chi connectivity index (χ0n) is 9.60. The van der Waals surface area contributed by atoms with Gasteiger partial charge < -0.3 is 21.5 Å². The van der Waals surface area contributed by atoms with Gasteiger partial charge in [-0.1, -0.05) is 0 Å². The molecule has 0 aliphatic rings. The lowest BCUT2D eigenvalue weighted by Crippen LogP contribution is -1.96. The van der Waals surface area contributed by atoms with Gasteiger partial charge in [0, 0.05) is 18.8 Å². The minimum Gasteiger partial charge on any atom is -0.457 e. The Hall–Kier alpha value is -2.36. The highest BCUT2D eigenvalue weighted by Crippen LogP contribution is 2.28. The average Bonchev–Trinajstić information content (AvgIpc) is 2.34. The number of nitrogens with one attached hydrogen (secondary N) is 1. The molecule has 2 aromatic carbocycles. The van der Waals surface area contributed by atoms with Gasteiger partial charge in [0.1, 0.15) is 11.5 Å². The van der Waals surface area contributed by atoms with Crippen LogP contribution in [0.1, 0.15) is 0 Å². The third kappa shape index (κ3) is 2.60. The molecule has 0 aromatic heterocycles. The molecule has 0 bridgehead atoms. The van der Waals surface area contributed by atoms with Crippen molar-refractivity contribution in [2.45, 2.75) is 0 Å². The van der Waals surface area contributed by atoms with Crippen LogP contribution in [0.3, 0.4) is 0 Å². The second-order valence-corrected chi connectivity index (χ2v) is 3.67. The van der Waals surface area contributed by atoms with Gasteiger partial charge in [0.25, 0.3) is 0 Å². The highest BCUT2D eigenvalue weighted by molar-refractivity contribution is 5.68. The van der Waals surface area contributed by atoms with Crippen LogP contribution in [0, 0.1) is 0 Å². The summed E-state index contributed by atoms with van der Waals surface area (Å²) in [6.45, 7) is 0. The molecule has 0 radical (unpaired) electrons. The second-order valence-electron chi connectivity index (χ2n) is 3.67. The highest BCUT2D eigenvalue weighted by Gasteiger charge is 2.01. The summed E-state index contributed by atoms with van der Waals surface area (Å²) in [5.74, 6) is 1.47. The van der Waals surface area contributed by atoms with Crippen molar-refractivity contribution in [3.05, 3.63) is 42.5 Å². The average molecular weight is 229 g/mol. The molecular weight excluding hydrogens is 214 g/mol. The van der Waals surface area contributed by atoms with Crippen LogP contribution in [-0.4, -0.2) is 7.05 Å². The molecular formula is C13H15N3O. The zero-order valence-corrected chi connectivity index (χ0v) is 9.60. The van der Waals surface area contributed by atoms with Gasteiger partial charge in [0.2, 0.25) is 0 Å². The lowest BCUT2D eigenvalue weighted by atomic mass is 10.2. The Kier molecular flexibility index (Phi) is 3.05. The van der Waals surface area contributed by atoms with Gasteiger partial charge in [-0.15, -0.1) is 0 Å². The van der Waals surface area contributed by atoms with Crippen LogP contribution in [0.2, 0.25) is 0 Å². The maximum atomic E-state index is 5.78. The number of ether oxygens (including phenoxy) is 1. The summed E-state index contributed by atoms with van der Waals surface area (Å²) in [5, 5.41) is 3.01. The number of benzene rings is 2. The molecule has 5 N–H and O–H groups in total. The molecule has 4 nitrogen and oxygen atoms in total. The predicted octanol–water partition coefficient (Wildman–Crippen LogP) is 2.69. The van der Waals surface area contributed by atoms with Crippen molar-refractivity contribution in [3.63, 3.8) is 0 Å². The van der Waals surface area contributed by atoms with E-state index in [1.807, 2.05) is 31.3 Å². The van der Waals surface area contributed by atoms with Gasteiger partial charge in [-0.3, -0.25) is 0 Å². The summed E-state index contributed by atoms with van der Waals surface area (Å²) < 4.78 is 5.68. The Morgan fingerprint density at radius 3 is 2.24 bits per heavy atom. The quantitative estimate of drug-likeness (QED) is 0.707. The van der Waals surface area contributed by atoms with E-state index in [4.69, 9.17) is 16.2 Å². The molecule has 0 amide bonds. The van der Waals surface area contributed by atoms with Crippen molar-refractivity contribution in [1.29, 1.82) is 0 Å². The Morgan fingerprint density at radius 2 is 1.59 bits per heavy atom. The highest BCUT2D eigenvalue weighted by atomic mass is 16.5. The third-order valence-corrected chi connectivity index (χ3v) is 2.41. The van der Waals surface area contributed by atoms with Crippen molar-refractivity contribution in [1.82, 2.24) is 0 Å². The molecule has 0 saturated carbocycles. The minimum atomic E-state index is 0.692. The van der Waals surface area contributed by atoms with Gasteiger partial charge >= 0.3 is 0 Å². The standard InChI is InChI=1S/C13H15N3O/c1-16-13-8-11(6-7-12(13)15)17-10-4-2-9(14)3-5-10/h2-8,16H,14-15H2,1H3. The van der Waals surface area contributed by atoms with Crippen molar-refractivity contribution in [3.8, 4) is 11.5 Å². The predicted molar refractivity (Wildman–Crippen MR) is 71.3 cm³/mol. The number of hydrogen-bond acceptors (Lipinski definition) is 4. The SMILES string of the molecule is CNc1cc(Oc2ccc(N)cc2)ccc1N. The van der Waals surface area contributed by atoms with Crippen LogP contribution in [0.15, 0.2) is 42.5 Å². The first-order valence-corrected chi connectivity index (χ1v) is 5.29. The smallest absolute Gasteiger partial charge is 0.129 e. The van der Waals surface area contributed by atoms with Crippen LogP contribution in [0.5, 0.6) is 11.5 Å². The third-order valence-electron chi connectivity index (χ3n) is 2.41. The number of nitrogens with two attached hydrogens (primary N) is 2. The van der Waals surface area contributed by atoms with Crippen molar-refractivity contribution < 1.29 is 4.74 Å². The van der Waals surface area contributed by atoms with Crippen LogP contribution in [0.4, 0.5) is 17.1 Å². The Bertz CT molecular complexity index is 509. The van der Waals surface area contributed by atoms with Gasteiger partial charge in [-0.05, 0) is 36.4 Å². The fourth-order valence-corrected chi connectivity index (χ4v) is 1.49. The lowest BCUT2D eigenvalue weighted by molar-refractivity contribution is 0.483. The van der Waals surface area contributed by atoms with Crippen molar-refractivity contribution in [2.75, 3.05) is 23.8 Å². The van der Waals surface area contributed by atoms with Gasteiger partial charge in [-0.2, -0.15) is 0 Å². The summed E-state index contributed by atoms with van der Waals surface area (Å²) in [7, 11) is 1.82. The van der Waals surface area contributed by atoms with Gasteiger partial charge in [0.15, 0.2) is 0 Å². The molecule has 17 heavy (non-hydrogen) atoms. The summed E-state index contributed by atoms with van der Waals surface area (Å²) in [4.78, 5) is 0. The number of nitrogen functional groups attached to an aromatic ring is 2. The normalized spacial score (nSPS) is 9.94. The molecule has 0 aliphatic carbocycles. The Balaban J connectivity index is 2.21. The summed E-state index contributed by atoms with van der Waals surface area (Å²) >= 11 is 0. The fraction of sp³-hybridized carbons (Fsp3) is 0.0769. The molecule has 2 rings (SSSR count). The van der Waals surface area contributed by atoms with E-state index < -0.39 is 0 Å².